The van der Waals surface area contributed by atoms with Crippen molar-refractivity contribution in [3.05, 3.63) is 42.3 Å². The zero-order valence-electron chi connectivity index (χ0n) is 10.0. The molecule has 1 atom stereocenters. The molecular weight excluding hydrogens is 253 g/mol. The van der Waals surface area contributed by atoms with Crippen LogP contribution in [0, 0.1) is 5.82 Å². The van der Waals surface area contributed by atoms with Gasteiger partial charge in [0.1, 0.15) is 11.6 Å². The maximum Gasteiger partial charge on any atom is 0.139 e. The van der Waals surface area contributed by atoms with E-state index >= 15 is 0 Å². The van der Waals surface area contributed by atoms with Gasteiger partial charge in [0, 0.05) is 24.1 Å². The summed E-state index contributed by atoms with van der Waals surface area (Å²) in [6, 6.07) is 7.95. The Bertz CT molecular complexity index is 601. The lowest BCUT2D eigenvalue weighted by atomic mass is 10.1. The maximum absolute atomic E-state index is 13.7. The number of ether oxygens (including phenoxy) is 1. The third-order valence-electron chi connectivity index (χ3n) is 2.50. The Morgan fingerprint density at radius 3 is 2.78 bits per heavy atom. The van der Waals surface area contributed by atoms with Crippen molar-refractivity contribution in [1.29, 1.82) is 0 Å². The molecule has 0 bridgehead atoms. The molecule has 0 aliphatic rings. The van der Waals surface area contributed by atoms with Crippen LogP contribution in [-0.2, 0) is 10.8 Å². The average molecular weight is 265 g/mol. The van der Waals surface area contributed by atoms with Crippen LogP contribution in [0.4, 0.5) is 4.39 Å². The van der Waals surface area contributed by atoms with Crippen LogP contribution < -0.4 is 4.74 Å². The number of halogens is 1. The van der Waals surface area contributed by atoms with E-state index in [1.807, 2.05) is 0 Å². The maximum atomic E-state index is 13.7. The number of rotatable bonds is 3. The summed E-state index contributed by atoms with van der Waals surface area (Å²) in [7, 11) is 0.128. The monoisotopic (exact) mass is 265 g/mol. The smallest absolute Gasteiger partial charge is 0.139 e. The van der Waals surface area contributed by atoms with E-state index in [9.17, 15) is 8.60 Å². The van der Waals surface area contributed by atoms with Crippen molar-refractivity contribution in [2.24, 2.45) is 0 Å². The second-order valence-electron chi connectivity index (χ2n) is 3.65. The average Bonchev–Trinajstić information content (AvgIpc) is 2.38. The van der Waals surface area contributed by atoms with Crippen molar-refractivity contribution < 1.29 is 13.3 Å². The zero-order chi connectivity index (χ0) is 13.1. The summed E-state index contributed by atoms with van der Waals surface area (Å²) >= 11 is 0. The number of hydrogen-bond donors (Lipinski definition) is 0. The van der Waals surface area contributed by atoms with Crippen LogP contribution in [0.15, 0.2) is 41.4 Å². The summed E-state index contributed by atoms with van der Waals surface area (Å²) in [4.78, 5) is 4.33. The van der Waals surface area contributed by atoms with Crippen molar-refractivity contribution in [2.75, 3.05) is 13.4 Å². The van der Waals surface area contributed by atoms with Crippen LogP contribution in [-0.4, -0.2) is 22.6 Å². The Kier molecular flexibility index (Phi) is 3.72. The highest BCUT2D eigenvalue weighted by Gasteiger charge is 2.14. The van der Waals surface area contributed by atoms with Gasteiger partial charge in [-0.05, 0) is 12.1 Å². The molecule has 0 amide bonds. The summed E-state index contributed by atoms with van der Waals surface area (Å²) in [5.41, 5.74) is 1.06. The first kappa shape index (κ1) is 12.7. The van der Waals surface area contributed by atoms with Gasteiger partial charge in [0.15, 0.2) is 0 Å². The molecule has 0 aliphatic heterocycles. The Labute approximate surface area is 107 Å². The van der Waals surface area contributed by atoms with Gasteiger partial charge in [-0.2, -0.15) is 0 Å². The fourth-order valence-corrected chi connectivity index (χ4v) is 2.51. The van der Waals surface area contributed by atoms with Crippen LogP contribution in [0.3, 0.4) is 0 Å². The highest BCUT2D eigenvalue weighted by Crippen LogP contribution is 2.28. The van der Waals surface area contributed by atoms with Gasteiger partial charge >= 0.3 is 0 Å². The van der Waals surface area contributed by atoms with E-state index in [0.717, 1.165) is 0 Å². The van der Waals surface area contributed by atoms with Crippen molar-refractivity contribution in [3.63, 3.8) is 0 Å². The summed E-state index contributed by atoms with van der Waals surface area (Å²) in [5.74, 6) is 0.134. The van der Waals surface area contributed by atoms with E-state index < -0.39 is 16.6 Å². The number of hydrogen-bond acceptors (Lipinski definition) is 3. The van der Waals surface area contributed by atoms with Gasteiger partial charge in [-0.15, -0.1) is 0 Å². The second-order valence-corrected chi connectivity index (χ2v) is 4.97. The van der Waals surface area contributed by atoms with Crippen LogP contribution >= 0.6 is 0 Å². The fraction of sp³-hybridized carbons (Fsp3) is 0.154. The van der Waals surface area contributed by atoms with Crippen LogP contribution in [0.1, 0.15) is 0 Å². The van der Waals surface area contributed by atoms with Crippen molar-refractivity contribution in [1.82, 2.24) is 4.98 Å². The molecule has 18 heavy (non-hydrogen) atoms. The number of pyridine rings is 1. The molecule has 0 spiro atoms. The van der Waals surface area contributed by atoms with E-state index in [-0.39, 0.29) is 4.90 Å². The van der Waals surface area contributed by atoms with Crippen LogP contribution in [0.5, 0.6) is 5.75 Å². The minimum absolute atomic E-state index is 0.165. The Balaban J connectivity index is 2.63. The molecule has 1 aromatic heterocycles. The summed E-state index contributed by atoms with van der Waals surface area (Å²) < 4.78 is 30.4. The molecule has 1 unspecified atom stereocenters. The lowest BCUT2D eigenvalue weighted by Gasteiger charge is -2.08. The third-order valence-corrected chi connectivity index (χ3v) is 3.49. The standard InChI is InChI=1S/C13H12FNO2S/c1-17-9-6-7-15-12(8-9)10-4-3-5-11(14)13(10)18(2)16/h3-8H,1-2H3. The molecule has 0 saturated carbocycles. The second kappa shape index (κ2) is 5.27. The normalized spacial score (nSPS) is 12.2. The highest BCUT2D eigenvalue weighted by molar-refractivity contribution is 7.84. The topological polar surface area (TPSA) is 39.2 Å². The van der Waals surface area contributed by atoms with Gasteiger partial charge in [0.2, 0.25) is 0 Å². The first-order chi connectivity index (χ1) is 8.63. The van der Waals surface area contributed by atoms with E-state index in [2.05, 4.69) is 4.98 Å². The number of nitrogens with zero attached hydrogens (tertiary/aromatic N) is 1. The Morgan fingerprint density at radius 2 is 2.11 bits per heavy atom. The van der Waals surface area contributed by atoms with Crippen molar-refractivity contribution in [3.8, 4) is 17.0 Å². The van der Waals surface area contributed by atoms with Crippen LogP contribution in [0.2, 0.25) is 0 Å². The molecular formula is C13H12FNO2S. The first-order valence-electron chi connectivity index (χ1n) is 5.26. The first-order valence-corrected chi connectivity index (χ1v) is 6.81. The van der Waals surface area contributed by atoms with Gasteiger partial charge < -0.3 is 4.74 Å². The fourth-order valence-electron chi connectivity index (χ4n) is 1.69. The molecule has 0 N–H and O–H groups in total. The van der Waals surface area contributed by atoms with Crippen molar-refractivity contribution >= 4 is 10.8 Å². The Hall–Kier alpha value is -1.75. The Morgan fingerprint density at radius 1 is 1.33 bits per heavy atom. The van der Waals surface area contributed by atoms with Gasteiger partial charge in [-0.25, -0.2) is 4.39 Å². The lowest BCUT2D eigenvalue weighted by molar-refractivity contribution is 0.414. The highest BCUT2D eigenvalue weighted by atomic mass is 32.2. The number of benzene rings is 1. The molecule has 2 aromatic rings. The molecule has 2 rings (SSSR count). The minimum atomic E-state index is -1.42. The minimum Gasteiger partial charge on any atom is -0.497 e. The van der Waals surface area contributed by atoms with Crippen LogP contribution in [0.25, 0.3) is 11.3 Å². The largest absolute Gasteiger partial charge is 0.497 e. The molecule has 0 aliphatic carbocycles. The van der Waals surface area contributed by atoms with Gasteiger partial charge in [0.25, 0.3) is 0 Å². The SMILES string of the molecule is COc1ccnc(-c2cccc(F)c2S(C)=O)c1. The molecule has 0 fully saturated rings. The quantitative estimate of drug-likeness (QED) is 0.856. The van der Waals surface area contributed by atoms with Gasteiger partial charge in [-0.1, -0.05) is 12.1 Å². The summed E-state index contributed by atoms with van der Waals surface area (Å²) in [6.07, 6.45) is 3.02. The number of aromatic nitrogens is 1. The van der Waals surface area contributed by atoms with E-state index in [4.69, 9.17) is 4.74 Å². The van der Waals surface area contributed by atoms with Crippen molar-refractivity contribution in [2.45, 2.75) is 4.90 Å². The molecule has 1 aromatic carbocycles. The lowest BCUT2D eigenvalue weighted by Crippen LogP contribution is -1.98. The van der Waals surface area contributed by atoms with Gasteiger partial charge in [0.05, 0.1) is 28.5 Å². The van der Waals surface area contributed by atoms with E-state index in [1.165, 1.54) is 12.3 Å². The zero-order valence-corrected chi connectivity index (χ0v) is 10.8. The molecule has 0 saturated heterocycles. The van der Waals surface area contributed by atoms with E-state index in [0.29, 0.717) is 17.0 Å². The molecule has 0 radical (unpaired) electrons. The summed E-state index contributed by atoms with van der Waals surface area (Å²) in [6.45, 7) is 0. The molecule has 1 heterocycles. The van der Waals surface area contributed by atoms with E-state index in [1.54, 1.807) is 37.6 Å². The summed E-state index contributed by atoms with van der Waals surface area (Å²) in [5, 5.41) is 0. The molecule has 3 nitrogen and oxygen atoms in total. The third kappa shape index (κ3) is 2.41. The molecule has 5 heteroatoms. The predicted octanol–water partition coefficient (Wildman–Crippen LogP) is 2.63. The molecule has 94 valence electrons. The predicted molar refractivity (Wildman–Crippen MR) is 68.5 cm³/mol. The van der Waals surface area contributed by atoms with Gasteiger partial charge in [-0.3, -0.25) is 9.19 Å². The number of methoxy groups -OCH3 is 1.